The summed E-state index contributed by atoms with van der Waals surface area (Å²) in [6, 6.07) is 12.6. The second kappa shape index (κ2) is 9.02. The Bertz CT molecular complexity index is 973. The van der Waals surface area contributed by atoms with Gasteiger partial charge in [0.25, 0.3) is 0 Å². The maximum atomic E-state index is 6.27. The van der Waals surface area contributed by atoms with Gasteiger partial charge in [0, 0.05) is 37.9 Å². The standard InChI is InChI=1S/C23H33N7/c1-16(2)19(25)14-29-12-9-17(10-13-29)27-23-28-20-7-3-4-8-22(20)30(23)15-21-18(24)6-5-11-26-21/h3-8,11,16-17,19H,9-10,12-15,24-25H2,1-2H3,(H,27,28). The number of likely N-dealkylation sites (tertiary alicyclic amines) is 1. The minimum atomic E-state index is 0.238. The van der Waals surface area contributed by atoms with Gasteiger partial charge in [0.05, 0.1) is 29.0 Å². The van der Waals surface area contributed by atoms with Gasteiger partial charge in [-0.05, 0) is 43.0 Å². The van der Waals surface area contributed by atoms with E-state index in [9.17, 15) is 0 Å². The van der Waals surface area contributed by atoms with Crippen LogP contribution in [0, 0.1) is 5.92 Å². The summed E-state index contributed by atoms with van der Waals surface area (Å²) in [5.74, 6) is 1.40. The van der Waals surface area contributed by atoms with Crippen molar-refractivity contribution in [2.45, 2.75) is 45.3 Å². The van der Waals surface area contributed by atoms with E-state index in [1.54, 1.807) is 6.20 Å². The first-order valence-electron chi connectivity index (χ1n) is 10.9. The number of imidazole rings is 1. The van der Waals surface area contributed by atoms with Gasteiger partial charge in [-0.1, -0.05) is 26.0 Å². The summed E-state index contributed by atoms with van der Waals surface area (Å²) in [6.45, 7) is 8.08. The SMILES string of the molecule is CC(C)C(N)CN1CCC(Nc2nc3ccccc3n2Cc2ncccc2N)CC1. The summed E-state index contributed by atoms with van der Waals surface area (Å²) in [5, 5.41) is 3.70. The minimum Gasteiger partial charge on any atom is -0.397 e. The number of hydrogen-bond donors (Lipinski definition) is 3. The first-order chi connectivity index (χ1) is 14.5. The van der Waals surface area contributed by atoms with Crippen molar-refractivity contribution in [2.24, 2.45) is 11.7 Å². The zero-order valence-electron chi connectivity index (χ0n) is 18.0. The molecule has 30 heavy (non-hydrogen) atoms. The van der Waals surface area contributed by atoms with Crippen LogP contribution in [0.4, 0.5) is 11.6 Å². The van der Waals surface area contributed by atoms with Gasteiger partial charge < -0.3 is 26.3 Å². The molecule has 0 spiro atoms. The number of para-hydroxylation sites is 2. The van der Waals surface area contributed by atoms with E-state index in [1.165, 1.54) is 0 Å². The molecular weight excluding hydrogens is 374 g/mol. The van der Waals surface area contributed by atoms with E-state index in [0.717, 1.165) is 55.2 Å². The highest BCUT2D eigenvalue weighted by molar-refractivity contribution is 5.78. The maximum Gasteiger partial charge on any atom is 0.204 e. The predicted molar refractivity (Wildman–Crippen MR) is 123 cm³/mol. The van der Waals surface area contributed by atoms with Gasteiger partial charge in [-0.2, -0.15) is 0 Å². The lowest BCUT2D eigenvalue weighted by Crippen LogP contribution is -2.46. The first-order valence-corrected chi connectivity index (χ1v) is 10.9. The summed E-state index contributed by atoms with van der Waals surface area (Å²) >= 11 is 0. The van der Waals surface area contributed by atoms with Crippen LogP contribution in [-0.2, 0) is 6.54 Å². The number of nitrogen functional groups attached to an aromatic ring is 1. The molecule has 3 heterocycles. The van der Waals surface area contributed by atoms with Crippen molar-refractivity contribution in [1.82, 2.24) is 19.4 Å². The van der Waals surface area contributed by atoms with Crippen LogP contribution >= 0.6 is 0 Å². The molecule has 5 N–H and O–H groups in total. The third-order valence-electron chi connectivity index (χ3n) is 6.13. The molecule has 0 radical (unpaired) electrons. The largest absolute Gasteiger partial charge is 0.397 e. The van der Waals surface area contributed by atoms with Crippen LogP contribution in [0.3, 0.4) is 0 Å². The Kier molecular flexibility index (Phi) is 6.20. The summed E-state index contributed by atoms with van der Waals surface area (Å²) in [4.78, 5) is 11.8. The lowest BCUT2D eigenvalue weighted by Gasteiger charge is -2.34. The number of nitrogens with two attached hydrogens (primary N) is 2. The molecule has 1 aliphatic rings. The average Bonchev–Trinajstić information content (AvgIpc) is 3.08. The van der Waals surface area contributed by atoms with Crippen molar-refractivity contribution in [3.8, 4) is 0 Å². The average molecular weight is 408 g/mol. The second-order valence-electron chi connectivity index (χ2n) is 8.68. The highest BCUT2D eigenvalue weighted by Gasteiger charge is 2.23. The van der Waals surface area contributed by atoms with Crippen LogP contribution in [0.5, 0.6) is 0 Å². The van der Waals surface area contributed by atoms with Crippen LogP contribution in [-0.4, -0.2) is 51.2 Å². The third-order valence-corrected chi connectivity index (χ3v) is 6.13. The molecule has 1 fully saturated rings. The number of nitrogens with one attached hydrogen (secondary N) is 1. The van der Waals surface area contributed by atoms with E-state index < -0.39 is 0 Å². The van der Waals surface area contributed by atoms with Crippen molar-refractivity contribution in [2.75, 3.05) is 30.7 Å². The normalized spacial score (nSPS) is 16.9. The number of benzene rings is 1. The number of rotatable bonds is 7. The molecular formula is C23H33N7. The van der Waals surface area contributed by atoms with Gasteiger partial charge >= 0.3 is 0 Å². The fourth-order valence-corrected chi connectivity index (χ4v) is 4.03. The Labute approximate surface area is 178 Å². The van der Waals surface area contributed by atoms with E-state index in [2.05, 4.69) is 45.7 Å². The van der Waals surface area contributed by atoms with Crippen LogP contribution in [0.25, 0.3) is 11.0 Å². The Morgan fingerprint density at radius 2 is 1.90 bits per heavy atom. The van der Waals surface area contributed by atoms with Gasteiger partial charge in [0.2, 0.25) is 5.95 Å². The number of nitrogens with zero attached hydrogens (tertiary/aromatic N) is 4. The fourth-order valence-electron chi connectivity index (χ4n) is 4.03. The molecule has 1 aliphatic heterocycles. The summed E-state index contributed by atoms with van der Waals surface area (Å²) in [7, 11) is 0. The van der Waals surface area contributed by atoms with E-state index in [0.29, 0.717) is 24.2 Å². The molecule has 0 aliphatic carbocycles. The molecule has 7 nitrogen and oxygen atoms in total. The number of fused-ring (bicyclic) bond motifs is 1. The summed E-state index contributed by atoms with van der Waals surface area (Å²) < 4.78 is 2.19. The topological polar surface area (TPSA) is 98.0 Å². The number of piperidine rings is 1. The van der Waals surface area contributed by atoms with Crippen molar-refractivity contribution in [3.63, 3.8) is 0 Å². The molecule has 0 bridgehead atoms. The number of hydrogen-bond acceptors (Lipinski definition) is 6. The number of pyridine rings is 1. The number of anilines is 2. The van der Waals surface area contributed by atoms with E-state index in [-0.39, 0.29) is 6.04 Å². The zero-order chi connectivity index (χ0) is 21.1. The second-order valence-corrected chi connectivity index (χ2v) is 8.68. The molecule has 1 aromatic carbocycles. The van der Waals surface area contributed by atoms with Gasteiger partial charge in [-0.25, -0.2) is 4.98 Å². The van der Waals surface area contributed by atoms with Crippen LogP contribution in [0.15, 0.2) is 42.6 Å². The highest BCUT2D eigenvalue weighted by Crippen LogP contribution is 2.24. The molecule has 0 saturated carbocycles. The fraction of sp³-hybridized carbons (Fsp3) is 0.478. The molecule has 3 aromatic rings. The van der Waals surface area contributed by atoms with Crippen molar-refractivity contribution in [3.05, 3.63) is 48.3 Å². The molecule has 1 unspecified atom stereocenters. The first kappa shape index (κ1) is 20.6. The molecule has 2 aromatic heterocycles. The molecule has 1 saturated heterocycles. The Morgan fingerprint density at radius 1 is 1.13 bits per heavy atom. The molecule has 160 valence electrons. The third kappa shape index (κ3) is 4.57. The Morgan fingerprint density at radius 3 is 2.63 bits per heavy atom. The number of aromatic nitrogens is 3. The van der Waals surface area contributed by atoms with E-state index in [4.69, 9.17) is 16.5 Å². The minimum absolute atomic E-state index is 0.238. The van der Waals surface area contributed by atoms with E-state index >= 15 is 0 Å². The quantitative estimate of drug-likeness (QED) is 0.557. The van der Waals surface area contributed by atoms with Crippen molar-refractivity contribution >= 4 is 22.7 Å². The molecule has 4 rings (SSSR count). The molecule has 7 heteroatoms. The van der Waals surface area contributed by atoms with E-state index in [1.807, 2.05) is 24.3 Å². The highest BCUT2D eigenvalue weighted by atomic mass is 15.2. The smallest absolute Gasteiger partial charge is 0.204 e. The Hall–Kier alpha value is -2.64. The van der Waals surface area contributed by atoms with Gasteiger partial charge in [-0.15, -0.1) is 0 Å². The maximum absolute atomic E-state index is 6.27. The zero-order valence-corrected chi connectivity index (χ0v) is 18.0. The summed E-state index contributed by atoms with van der Waals surface area (Å²) in [6.07, 6.45) is 3.95. The van der Waals surface area contributed by atoms with Gasteiger partial charge in [0.15, 0.2) is 0 Å². The van der Waals surface area contributed by atoms with Gasteiger partial charge in [-0.3, -0.25) is 4.98 Å². The van der Waals surface area contributed by atoms with Crippen molar-refractivity contribution < 1.29 is 0 Å². The molecule has 1 atom stereocenters. The lowest BCUT2D eigenvalue weighted by atomic mass is 10.0. The van der Waals surface area contributed by atoms with Crippen LogP contribution in [0.1, 0.15) is 32.4 Å². The monoisotopic (exact) mass is 407 g/mol. The van der Waals surface area contributed by atoms with Crippen LogP contribution < -0.4 is 16.8 Å². The lowest BCUT2D eigenvalue weighted by molar-refractivity contribution is 0.194. The predicted octanol–water partition coefficient (Wildman–Crippen LogP) is 2.92. The van der Waals surface area contributed by atoms with Crippen LogP contribution in [0.2, 0.25) is 0 Å². The Balaban J connectivity index is 1.49. The van der Waals surface area contributed by atoms with Crippen molar-refractivity contribution in [1.29, 1.82) is 0 Å². The molecule has 0 amide bonds. The van der Waals surface area contributed by atoms with Gasteiger partial charge in [0.1, 0.15) is 0 Å². The summed E-state index contributed by atoms with van der Waals surface area (Å²) in [5.41, 5.74) is 16.1.